The average molecular weight is 2500 g/mol. The van der Waals surface area contributed by atoms with Crippen LogP contribution >= 0.6 is 0 Å². The maximum absolute atomic E-state index is 10.8. The van der Waals surface area contributed by atoms with Crippen molar-refractivity contribution in [2.45, 2.75) is 0 Å². The van der Waals surface area contributed by atoms with Crippen molar-refractivity contribution in [2.24, 2.45) is 12.2 Å². The summed E-state index contributed by atoms with van der Waals surface area (Å²) in [4.78, 5) is 10.8. The van der Waals surface area contributed by atoms with Crippen LogP contribution in [0.3, 0.4) is 0 Å². The Morgan fingerprint density at radius 2 is 1.05 bits per heavy atom. The molecule has 1 amide bonds. The van der Waals surface area contributed by atoms with Gasteiger partial charge in [-0.15, -0.1) is 0 Å². The van der Waals surface area contributed by atoms with E-state index in [9.17, 15) is 4.79 Å². The number of aliphatic hydroxyl groups is 1. The van der Waals surface area contributed by atoms with Crippen LogP contribution < -0.4 is 0 Å². The molecule has 0 unspecified atom stereocenters. The van der Waals surface area contributed by atoms with Gasteiger partial charge >= 0.3 is 96.4 Å². The van der Waals surface area contributed by atoms with E-state index in [1.54, 1.807) is 0 Å². The fourth-order valence-electron chi connectivity index (χ4n) is 0.221. The van der Waals surface area contributed by atoms with Crippen molar-refractivity contribution in [2.75, 3.05) is 0 Å². The summed E-state index contributed by atoms with van der Waals surface area (Å²) in [5.74, 6) is -0.722. The van der Waals surface area contributed by atoms with Gasteiger partial charge < -0.3 is 0 Å². The van der Waals surface area contributed by atoms with Gasteiger partial charge in [0.05, 0.1) is 0 Å². The maximum atomic E-state index is 10.8. The number of carbonyl (C=O) groups is 1. The summed E-state index contributed by atoms with van der Waals surface area (Å²) in [6, 6.07) is 0. The molecule has 0 rings (SSSR count). The molecule has 0 aliphatic heterocycles. The molecule has 1 N–H and O–H groups in total. The van der Waals surface area contributed by atoms with Crippen molar-refractivity contribution in [1.82, 2.24) is 0 Å². The Bertz CT molecular complexity index is 259. The number of nitrogens with zero attached hydrogens (tertiary/aromatic N) is 3. The molecule has 18 heteroatoms. The van der Waals surface area contributed by atoms with Crippen molar-refractivity contribution in [1.29, 1.82) is 0 Å². The van der Waals surface area contributed by atoms with Gasteiger partial charge in [0.2, 0.25) is 0 Å². The molecule has 0 heterocycles. The Morgan fingerprint density at radius 3 is 1.24 bits per heavy atom. The van der Waals surface area contributed by atoms with Gasteiger partial charge in [-0.05, 0) is 0 Å². The quantitative estimate of drug-likeness (QED) is 0.237. The van der Waals surface area contributed by atoms with Gasteiger partial charge in [-0.2, -0.15) is 0 Å². The van der Waals surface area contributed by atoms with Crippen LogP contribution in [0.25, 0.3) is 0 Å². The van der Waals surface area contributed by atoms with Crippen molar-refractivity contribution < 1.29 is 279 Å². The van der Waals surface area contributed by atoms with E-state index >= 15 is 0 Å². The summed E-state index contributed by atoms with van der Waals surface area (Å²) in [5.41, 5.74) is 0. The third-order valence-corrected chi connectivity index (χ3v) is 2.79. The minimum absolute atomic E-state index is 0. The Labute approximate surface area is 299 Å². The number of amides is 1. The van der Waals surface area contributed by atoms with E-state index in [0.717, 1.165) is 58.6 Å². The molecule has 0 saturated carbocycles. The second kappa shape index (κ2) is 50.8. The average Bonchev–Trinajstić information content (AvgIpc) is 2.02. The molecule has 0 radical (unpaired) electrons. The number of hydrogen-bond acceptors (Lipinski definition) is 3. The van der Waals surface area contributed by atoms with E-state index in [0.29, 0.717) is 0 Å². The number of carbonyl (C=O) groups excluding carboxylic acids is 1. The summed E-state index contributed by atoms with van der Waals surface area (Å²) < 4.78 is 7.06. The van der Waals surface area contributed by atoms with E-state index < -0.39 is 5.91 Å². The molecule has 21 heavy (non-hydrogen) atoms. The SMILES string of the molecule is O=C([N]=[W])[C](=[W])C(O)=N[N]=[W].[W].[W].[W].[W].[W].[W].[W].[W].[W].[W]. The van der Waals surface area contributed by atoms with Crippen LogP contribution in [-0.2, 0) is 274 Å². The molecule has 0 bridgehead atoms. The Morgan fingerprint density at radius 1 is 0.762 bits per heavy atom. The van der Waals surface area contributed by atoms with Gasteiger partial charge in [0, 0.05) is 211 Å². The third kappa shape index (κ3) is 42.6. The van der Waals surface area contributed by atoms with Crippen LogP contribution in [0, 0.1) is 0 Å². The summed E-state index contributed by atoms with van der Waals surface area (Å²) in [6.45, 7) is 0. The van der Waals surface area contributed by atoms with Gasteiger partial charge in [0.1, 0.15) is 0 Å². The molecule has 0 aromatic heterocycles. The third-order valence-electron chi connectivity index (χ3n) is 0.616. The second-order valence-corrected chi connectivity index (χ2v) is 3.94. The first-order chi connectivity index (χ1) is 5.13. The topological polar surface area (TPSA) is 74.4 Å². The molecular formula is C3HN3O2W13. The second-order valence-electron chi connectivity index (χ2n) is 1.23. The molecule has 118 valence electrons. The molecule has 0 aromatic rings. The standard InChI is InChI=1S/C3HN3O2.13W/c4-2(7)1-3(8)6-5;;;;;;;;;;;;;/h(H,6,8);;;;;;;;;;;;;. The van der Waals surface area contributed by atoms with Crippen LogP contribution in [-0.4, -0.2) is 20.8 Å². The zero-order valence-corrected chi connectivity index (χ0v) is 47.1. The summed E-state index contributed by atoms with van der Waals surface area (Å²) in [5, 5.41) is 12.3. The van der Waals surface area contributed by atoms with Crippen molar-refractivity contribution in [3.8, 4) is 0 Å². The fraction of sp³-hybridized carbons (Fsp3) is 0. The first-order valence-corrected chi connectivity index (χ1v) is 6.23. The minimum atomic E-state index is -0.407. The Kier molecular flexibility index (Phi) is 170. The van der Waals surface area contributed by atoms with E-state index in [1.165, 1.54) is 0 Å². The first kappa shape index (κ1) is 70.4. The van der Waals surface area contributed by atoms with Gasteiger partial charge in [-0.1, -0.05) is 0 Å². The molecule has 0 fully saturated rings. The van der Waals surface area contributed by atoms with Gasteiger partial charge in [-0.25, -0.2) is 0 Å². The van der Waals surface area contributed by atoms with Crippen molar-refractivity contribution in [3.05, 3.63) is 0 Å². The zero-order valence-electron chi connectivity index (χ0n) is 9.00. The predicted molar refractivity (Wildman–Crippen MR) is 24.9 cm³/mol. The Hall–Kier alpha value is 7.56. The molecule has 0 spiro atoms. The van der Waals surface area contributed by atoms with E-state index in [-0.39, 0.29) is 220 Å². The molecule has 0 aliphatic carbocycles. The molecule has 0 aromatic carbocycles. The molecular weight excluding hydrogens is 2500 g/mol. The summed E-state index contributed by atoms with van der Waals surface area (Å²) in [7, 11) is 0. The van der Waals surface area contributed by atoms with Crippen LogP contribution in [0.5, 0.6) is 0 Å². The van der Waals surface area contributed by atoms with Crippen LogP contribution in [0.1, 0.15) is 0 Å². The number of hydrogen-bond donors (Lipinski definition) is 1. The normalized spacial score (nSPS) is 5.43. The van der Waals surface area contributed by atoms with E-state index in [1.807, 2.05) is 0 Å². The van der Waals surface area contributed by atoms with Gasteiger partial charge in [0.25, 0.3) is 0 Å². The largest absolute Gasteiger partial charge is 0 e. The van der Waals surface area contributed by atoms with Gasteiger partial charge in [-0.3, -0.25) is 0 Å². The van der Waals surface area contributed by atoms with Crippen LogP contribution in [0.2, 0.25) is 0 Å². The molecule has 0 atom stereocenters. The molecule has 0 aliphatic rings. The summed E-state index contributed by atoms with van der Waals surface area (Å²) in [6.07, 6.45) is 0. The van der Waals surface area contributed by atoms with Crippen LogP contribution in [0.15, 0.2) is 12.2 Å². The molecule has 5 nitrogen and oxygen atoms in total. The Balaban J connectivity index is -0.0000000111. The first-order valence-electron chi connectivity index (χ1n) is 2.14. The number of aliphatic hydroxyl groups excluding tert-OH is 1. The minimum Gasteiger partial charge on any atom is 0 e. The van der Waals surface area contributed by atoms with E-state index in [2.05, 4.69) is 12.2 Å². The molecule has 0 saturated heterocycles. The monoisotopic (exact) mass is 2500 g/mol. The zero-order chi connectivity index (χ0) is 8.85. The fourth-order valence-corrected chi connectivity index (χ4v) is 2.04. The summed E-state index contributed by atoms with van der Waals surface area (Å²) >= 11 is 2.53. The smallest absolute Gasteiger partial charge is 0 e. The van der Waals surface area contributed by atoms with E-state index in [4.69, 9.17) is 5.11 Å². The van der Waals surface area contributed by atoms with Crippen molar-refractivity contribution in [3.63, 3.8) is 0 Å². The van der Waals surface area contributed by atoms with Crippen LogP contribution in [0.4, 0.5) is 0 Å². The number of rotatable bonds is 3. The maximum Gasteiger partial charge on any atom is 0 e. The predicted octanol–water partition coefficient (Wildman–Crippen LogP) is -0.460. The van der Waals surface area contributed by atoms with Crippen molar-refractivity contribution >= 4 is 15.7 Å². The van der Waals surface area contributed by atoms with Gasteiger partial charge in [0.15, 0.2) is 0 Å².